The van der Waals surface area contributed by atoms with E-state index in [1.165, 1.54) is 0 Å². The molecule has 1 aliphatic carbocycles. The summed E-state index contributed by atoms with van der Waals surface area (Å²) < 4.78 is 1.74. The normalized spacial score (nSPS) is 13.9. The lowest BCUT2D eigenvalue weighted by molar-refractivity contribution is -0.122. The second-order valence-corrected chi connectivity index (χ2v) is 7.73. The SMILES string of the molecule is CC(C)c1nc(NCCNC(=O)C2CC2)c2cnn(-c3ccccc3Cl)c2n1. The van der Waals surface area contributed by atoms with Crippen LogP contribution >= 0.6 is 11.6 Å². The van der Waals surface area contributed by atoms with E-state index < -0.39 is 0 Å². The second-order valence-electron chi connectivity index (χ2n) is 7.32. The van der Waals surface area contributed by atoms with Crippen molar-refractivity contribution < 1.29 is 4.79 Å². The van der Waals surface area contributed by atoms with Crippen LogP contribution in [0.25, 0.3) is 16.7 Å². The van der Waals surface area contributed by atoms with Crippen LogP contribution in [0.3, 0.4) is 0 Å². The number of hydrogen-bond donors (Lipinski definition) is 2. The maximum Gasteiger partial charge on any atom is 0.223 e. The second kappa shape index (κ2) is 7.75. The first-order valence-corrected chi connectivity index (χ1v) is 9.94. The minimum Gasteiger partial charge on any atom is -0.368 e. The van der Waals surface area contributed by atoms with E-state index in [9.17, 15) is 4.79 Å². The number of aromatic nitrogens is 4. The van der Waals surface area contributed by atoms with Crippen molar-refractivity contribution >= 4 is 34.4 Å². The maximum atomic E-state index is 11.8. The van der Waals surface area contributed by atoms with Gasteiger partial charge < -0.3 is 10.6 Å². The van der Waals surface area contributed by atoms with Gasteiger partial charge >= 0.3 is 0 Å². The molecule has 0 atom stereocenters. The summed E-state index contributed by atoms with van der Waals surface area (Å²) in [7, 11) is 0. The Hall–Kier alpha value is -2.67. The molecule has 1 fully saturated rings. The lowest BCUT2D eigenvalue weighted by Gasteiger charge is -2.12. The molecule has 3 aromatic rings. The van der Waals surface area contributed by atoms with Crippen molar-refractivity contribution in [2.75, 3.05) is 18.4 Å². The summed E-state index contributed by atoms with van der Waals surface area (Å²) in [5, 5.41) is 12.2. The first-order valence-electron chi connectivity index (χ1n) is 9.56. The van der Waals surface area contributed by atoms with Gasteiger partial charge in [-0.25, -0.2) is 14.6 Å². The molecule has 0 bridgehead atoms. The fraction of sp³-hybridized carbons (Fsp3) is 0.400. The number of halogens is 1. The topological polar surface area (TPSA) is 84.7 Å². The van der Waals surface area contributed by atoms with Crippen LogP contribution in [-0.2, 0) is 4.79 Å². The zero-order valence-corrected chi connectivity index (χ0v) is 16.7. The van der Waals surface area contributed by atoms with Crippen molar-refractivity contribution in [3.63, 3.8) is 0 Å². The average Bonchev–Trinajstić information content (AvgIpc) is 3.45. The predicted octanol–water partition coefficient (Wildman–Crippen LogP) is 3.53. The minimum atomic E-state index is 0.143. The molecule has 146 valence electrons. The van der Waals surface area contributed by atoms with Crippen LogP contribution in [0.4, 0.5) is 5.82 Å². The molecule has 2 aromatic heterocycles. The van der Waals surface area contributed by atoms with E-state index in [1.54, 1.807) is 10.9 Å². The van der Waals surface area contributed by atoms with E-state index >= 15 is 0 Å². The third-order valence-electron chi connectivity index (χ3n) is 4.71. The van der Waals surface area contributed by atoms with Gasteiger partial charge in [-0.15, -0.1) is 0 Å². The summed E-state index contributed by atoms with van der Waals surface area (Å²) >= 11 is 6.36. The molecule has 1 aliphatic rings. The Bertz CT molecular complexity index is 1010. The van der Waals surface area contributed by atoms with Gasteiger partial charge in [-0.2, -0.15) is 5.10 Å². The molecule has 0 spiro atoms. The van der Waals surface area contributed by atoms with Crippen molar-refractivity contribution in [2.24, 2.45) is 5.92 Å². The molecule has 1 saturated carbocycles. The highest BCUT2D eigenvalue weighted by Crippen LogP contribution is 2.29. The van der Waals surface area contributed by atoms with Crippen LogP contribution in [-0.4, -0.2) is 38.7 Å². The van der Waals surface area contributed by atoms with Gasteiger partial charge in [0.15, 0.2) is 5.65 Å². The number of anilines is 1. The maximum absolute atomic E-state index is 11.8. The Morgan fingerprint density at radius 3 is 2.75 bits per heavy atom. The third kappa shape index (κ3) is 3.80. The number of carbonyl (C=O) groups is 1. The van der Waals surface area contributed by atoms with Crippen LogP contribution in [0.5, 0.6) is 0 Å². The number of amides is 1. The number of benzene rings is 1. The molecule has 0 radical (unpaired) electrons. The highest BCUT2D eigenvalue weighted by atomic mass is 35.5. The molecule has 0 aliphatic heterocycles. The summed E-state index contributed by atoms with van der Waals surface area (Å²) in [6.07, 6.45) is 3.75. The van der Waals surface area contributed by atoms with Gasteiger partial charge in [0.2, 0.25) is 5.91 Å². The fourth-order valence-electron chi connectivity index (χ4n) is 2.97. The summed E-state index contributed by atoms with van der Waals surface area (Å²) in [4.78, 5) is 21.2. The molecule has 0 unspecified atom stereocenters. The van der Waals surface area contributed by atoms with Crippen molar-refractivity contribution in [2.45, 2.75) is 32.6 Å². The molecule has 1 amide bonds. The Kier molecular flexibility index (Phi) is 5.17. The Morgan fingerprint density at radius 2 is 2.04 bits per heavy atom. The van der Waals surface area contributed by atoms with Crippen LogP contribution in [0, 0.1) is 5.92 Å². The molecule has 4 rings (SSSR count). The lowest BCUT2D eigenvalue weighted by atomic mass is 10.2. The number of nitrogens with one attached hydrogen (secondary N) is 2. The number of hydrogen-bond acceptors (Lipinski definition) is 5. The largest absolute Gasteiger partial charge is 0.368 e. The Labute approximate surface area is 168 Å². The highest BCUT2D eigenvalue weighted by Gasteiger charge is 2.29. The first-order chi connectivity index (χ1) is 13.5. The van der Waals surface area contributed by atoms with Gasteiger partial charge in [0.1, 0.15) is 11.6 Å². The number of carbonyl (C=O) groups excluding carboxylic acids is 1. The summed E-state index contributed by atoms with van der Waals surface area (Å²) in [5.41, 5.74) is 1.48. The number of para-hydroxylation sites is 1. The molecule has 2 N–H and O–H groups in total. The van der Waals surface area contributed by atoms with Gasteiger partial charge in [-0.1, -0.05) is 37.6 Å². The number of rotatable bonds is 7. The van der Waals surface area contributed by atoms with E-state index in [-0.39, 0.29) is 17.7 Å². The first kappa shape index (κ1) is 18.7. The predicted molar refractivity (Wildman–Crippen MR) is 110 cm³/mol. The van der Waals surface area contributed by atoms with Crippen molar-refractivity contribution in [3.05, 3.63) is 41.3 Å². The van der Waals surface area contributed by atoms with E-state index in [1.807, 2.05) is 24.3 Å². The molecule has 1 aromatic carbocycles. The van der Waals surface area contributed by atoms with E-state index in [4.69, 9.17) is 16.6 Å². The van der Waals surface area contributed by atoms with Gasteiger partial charge in [-0.05, 0) is 25.0 Å². The van der Waals surface area contributed by atoms with E-state index in [0.29, 0.717) is 29.6 Å². The van der Waals surface area contributed by atoms with E-state index in [2.05, 4.69) is 34.6 Å². The minimum absolute atomic E-state index is 0.143. The van der Waals surface area contributed by atoms with Gasteiger partial charge in [0.05, 0.1) is 22.3 Å². The molecule has 8 heteroatoms. The van der Waals surface area contributed by atoms with Crippen molar-refractivity contribution in [3.8, 4) is 5.69 Å². The zero-order chi connectivity index (χ0) is 19.7. The average molecular weight is 399 g/mol. The van der Waals surface area contributed by atoms with Crippen molar-refractivity contribution in [1.29, 1.82) is 0 Å². The molecule has 28 heavy (non-hydrogen) atoms. The van der Waals surface area contributed by atoms with E-state index in [0.717, 1.165) is 29.7 Å². The summed E-state index contributed by atoms with van der Waals surface area (Å²) in [5.74, 6) is 1.96. The summed E-state index contributed by atoms with van der Waals surface area (Å²) in [6.45, 7) is 5.24. The van der Waals surface area contributed by atoms with Crippen molar-refractivity contribution in [1.82, 2.24) is 25.1 Å². The van der Waals surface area contributed by atoms with Gasteiger partial charge in [0, 0.05) is 24.9 Å². The molecule has 7 nitrogen and oxygen atoms in total. The summed E-state index contributed by atoms with van der Waals surface area (Å²) in [6, 6.07) is 7.54. The van der Waals surface area contributed by atoms with Crippen LogP contribution in [0.2, 0.25) is 5.02 Å². The third-order valence-corrected chi connectivity index (χ3v) is 5.03. The number of nitrogens with zero attached hydrogens (tertiary/aromatic N) is 4. The van der Waals surface area contributed by atoms with Gasteiger partial charge in [0.25, 0.3) is 0 Å². The molecule has 0 saturated heterocycles. The van der Waals surface area contributed by atoms with Gasteiger partial charge in [-0.3, -0.25) is 4.79 Å². The Balaban J connectivity index is 1.62. The molecular formula is C20H23ClN6O. The number of fused-ring (bicyclic) bond motifs is 1. The Morgan fingerprint density at radius 1 is 1.25 bits per heavy atom. The van der Waals surface area contributed by atoms with Crippen LogP contribution in [0.1, 0.15) is 38.4 Å². The lowest BCUT2D eigenvalue weighted by Crippen LogP contribution is -2.30. The fourth-order valence-corrected chi connectivity index (χ4v) is 3.19. The highest BCUT2D eigenvalue weighted by molar-refractivity contribution is 6.32. The quantitative estimate of drug-likeness (QED) is 0.595. The molecule has 2 heterocycles. The zero-order valence-electron chi connectivity index (χ0n) is 15.9. The van der Waals surface area contributed by atoms with Crippen LogP contribution in [0.15, 0.2) is 30.5 Å². The smallest absolute Gasteiger partial charge is 0.223 e. The molecular weight excluding hydrogens is 376 g/mol. The standard InChI is InChI=1S/C20H23ClN6O/c1-12(2)17-25-18(22-9-10-23-20(28)13-7-8-13)14-11-24-27(19(14)26-17)16-6-4-3-5-15(16)21/h3-6,11-13H,7-10H2,1-2H3,(H,23,28)(H,22,25,26). The monoisotopic (exact) mass is 398 g/mol. The van der Waals surface area contributed by atoms with Crippen LogP contribution < -0.4 is 10.6 Å².